The third-order valence-electron chi connectivity index (χ3n) is 9.13. The summed E-state index contributed by atoms with van der Waals surface area (Å²) in [5, 5.41) is 14.3. The summed E-state index contributed by atoms with van der Waals surface area (Å²) >= 11 is 6.48. The van der Waals surface area contributed by atoms with Crippen LogP contribution >= 0.6 is 11.6 Å². The lowest BCUT2D eigenvalue weighted by Crippen LogP contribution is -2.60. The van der Waals surface area contributed by atoms with Gasteiger partial charge in [-0.15, -0.1) is 0 Å². The molecular weight excluding hydrogens is 585 g/mol. The van der Waals surface area contributed by atoms with Crippen LogP contribution in [0.25, 0.3) is 16.6 Å². The number of aromatic nitrogens is 4. The number of aryl methyl sites for hydroxylation is 1. The topological polar surface area (TPSA) is 114 Å². The molecule has 2 aliphatic heterocycles. The Hall–Kier alpha value is -4.08. The molecule has 2 saturated heterocycles. The molecule has 0 N–H and O–H groups in total. The standard InChI is InChI=1S/C31H35ClFN9O2/c1-4-25(43)41-13-12-39(16-20(41)10-11-34)29-23-15-35-42(28-22-9-7-8-19(22)14-24(33)26(28)32)30(44)27(23)36-31(37-29)40-17-21(18-40)38(5-2)6-3/h4,14-15,20-21H,1,5-10,12-13,16-18H2,2-3H3. The Bertz CT molecular complexity index is 1730. The number of hydrogen-bond acceptors (Lipinski definition) is 9. The number of carbonyl (C=O) groups excluding carboxylic acids is 1. The van der Waals surface area contributed by atoms with Crippen molar-refractivity contribution in [3.05, 3.63) is 57.2 Å². The van der Waals surface area contributed by atoms with E-state index in [1.165, 1.54) is 23.0 Å². The highest BCUT2D eigenvalue weighted by molar-refractivity contribution is 6.32. The third kappa shape index (κ3) is 5.08. The number of benzene rings is 1. The van der Waals surface area contributed by atoms with E-state index < -0.39 is 11.4 Å². The highest BCUT2D eigenvalue weighted by atomic mass is 35.5. The molecule has 3 aliphatic rings. The predicted molar refractivity (Wildman–Crippen MR) is 167 cm³/mol. The first-order chi connectivity index (χ1) is 21.3. The molecular formula is C31H35ClFN9O2. The Morgan fingerprint density at radius 2 is 1.98 bits per heavy atom. The molecule has 230 valence electrons. The quantitative estimate of drug-likeness (QED) is 0.351. The number of carbonyl (C=O) groups is 1. The van der Waals surface area contributed by atoms with Gasteiger partial charge >= 0.3 is 0 Å². The van der Waals surface area contributed by atoms with Gasteiger partial charge in [0.2, 0.25) is 11.9 Å². The van der Waals surface area contributed by atoms with Crippen molar-refractivity contribution < 1.29 is 9.18 Å². The summed E-state index contributed by atoms with van der Waals surface area (Å²) in [6, 6.07) is 3.60. The molecule has 3 aromatic rings. The number of nitriles is 1. The van der Waals surface area contributed by atoms with Crippen molar-refractivity contribution in [1.29, 1.82) is 5.26 Å². The SMILES string of the molecule is C=CC(=O)N1CCN(c2nc(N3CC(N(CC)CC)C3)nc3c(=O)n(-c4c(Cl)c(F)cc5c4CCC5)ncc23)CC1CC#N. The molecule has 1 aromatic carbocycles. The maximum absolute atomic E-state index is 14.9. The highest BCUT2D eigenvalue weighted by Crippen LogP contribution is 2.35. The summed E-state index contributed by atoms with van der Waals surface area (Å²) in [4.78, 5) is 44.5. The largest absolute Gasteiger partial charge is 0.352 e. The maximum atomic E-state index is 14.9. The molecule has 2 fully saturated rings. The molecule has 0 spiro atoms. The molecule has 2 aromatic heterocycles. The van der Waals surface area contributed by atoms with E-state index >= 15 is 0 Å². The van der Waals surface area contributed by atoms with Crippen molar-refractivity contribution in [2.75, 3.05) is 55.6 Å². The van der Waals surface area contributed by atoms with Crippen LogP contribution in [0.4, 0.5) is 16.2 Å². The van der Waals surface area contributed by atoms with Gasteiger partial charge in [-0.1, -0.05) is 32.0 Å². The average molecular weight is 620 g/mol. The summed E-state index contributed by atoms with van der Waals surface area (Å²) in [5.74, 6) is 0.115. The Balaban J connectivity index is 1.47. The maximum Gasteiger partial charge on any atom is 0.298 e. The fourth-order valence-electron chi connectivity index (χ4n) is 6.74. The van der Waals surface area contributed by atoms with Gasteiger partial charge in [0, 0.05) is 38.8 Å². The molecule has 6 rings (SSSR count). The second kappa shape index (κ2) is 12.1. The first-order valence-electron chi connectivity index (χ1n) is 15.1. The first-order valence-corrected chi connectivity index (χ1v) is 15.5. The van der Waals surface area contributed by atoms with E-state index in [-0.39, 0.29) is 34.6 Å². The summed E-state index contributed by atoms with van der Waals surface area (Å²) in [6.07, 6.45) is 5.15. The Labute approximate surface area is 260 Å². The lowest BCUT2D eigenvalue weighted by molar-refractivity contribution is -0.128. The van der Waals surface area contributed by atoms with Crippen molar-refractivity contribution in [1.82, 2.24) is 29.5 Å². The second-order valence-corrected chi connectivity index (χ2v) is 11.8. The highest BCUT2D eigenvalue weighted by Gasteiger charge is 2.35. The van der Waals surface area contributed by atoms with Crippen molar-refractivity contribution >= 4 is 40.2 Å². The lowest BCUT2D eigenvalue weighted by Gasteiger charge is -2.45. The van der Waals surface area contributed by atoms with Gasteiger partial charge in [0.1, 0.15) is 22.2 Å². The summed E-state index contributed by atoms with van der Waals surface area (Å²) < 4.78 is 16.1. The molecule has 1 aliphatic carbocycles. The fraction of sp³-hybridized carbons (Fsp3) is 0.484. The van der Waals surface area contributed by atoms with Gasteiger partial charge < -0.3 is 14.7 Å². The molecule has 0 saturated carbocycles. The average Bonchev–Trinajstić information content (AvgIpc) is 3.47. The molecule has 13 heteroatoms. The van der Waals surface area contributed by atoms with E-state index in [0.717, 1.165) is 30.6 Å². The third-order valence-corrected chi connectivity index (χ3v) is 9.49. The predicted octanol–water partition coefficient (Wildman–Crippen LogP) is 3.10. The smallest absolute Gasteiger partial charge is 0.298 e. The van der Waals surface area contributed by atoms with Crippen molar-refractivity contribution in [2.24, 2.45) is 0 Å². The van der Waals surface area contributed by atoms with Crippen LogP contribution in [0.15, 0.2) is 29.7 Å². The van der Waals surface area contributed by atoms with Crippen molar-refractivity contribution in [3.63, 3.8) is 0 Å². The molecule has 0 radical (unpaired) electrons. The number of likely N-dealkylation sites (N-methyl/N-ethyl adjacent to an activating group) is 1. The van der Waals surface area contributed by atoms with Gasteiger partial charge in [-0.2, -0.15) is 20.0 Å². The van der Waals surface area contributed by atoms with Crippen LogP contribution in [0, 0.1) is 17.1 Å². The number of halogens is 2. The number of anilines is 2. The van der Waals surface area contributed by atoms with E-state index in [0.29, 0.717) is 68.8 Å². The summed E-state index contributed by atoms with van der Waals surface area (Å²) in [5.41, 5.74) is 1.57. The molecule has 1 atom stereocenters. The number of amides is 1. The van der Waals surface area contributed by atoms with Gasteiger partial charge in [-0.3, -0.25) is 14.5 Å². The minimum Gasteiger partial charge on any atom is -0.352 e. The van der Waals surface area contributed by atoms with Crippen LogP contribution in [0.1, 0.15) is 37.8 Å². The van der Waals surface area contributed by atoms with E-state index in [9.17, 15) is 19.2 Å². The van der Waals surface area contributed by atoms with Gasteiger partial charge in [0.25, 0.3) is 5.56 Å². The van der Waals surface area contributed by atoms with Crippen LogP contribution in [-0.2, 0) is 17.6 Å². The van der Waals surface area contributed by atoms with Crippen LogP contribution < -0.4 is 15.4 Å². The van der Waals surface area contributed by atoms with E-state index in [2.05, 4.69) is 36.5 Å². The van der Waals surface area contributed by atoms with Gasteiger partial charge in [-0.05, 0) is 55.6 Å². The normalized spacial score (nSPS) is 18.5. The van der Waals surface area contributed by atoms with Crippen LogP contribution in [0.3, 0.4) is 0 Å². The molecule has 0 bridgehead atoms. The number of nitrogens with zero attached hydrogens (tertiary/aromatic N) is 9. The monoisotopic (exact) mass is 619 g/mol. The van der Waals surface area contributed by atoms with E-state index in [1.807, 2.05) is 9.80 Å². The van der Waals surface area contributed by atoms with Gasteiger partial charge in [0.05, 0.1) is 35.8 Å². The molecule has 44 heavy (non-hydrogen) atoms. The molecule has 1 unspecified atom stereocenters. The van der Waals surface area contributed by atoms with E-state index in [1.54, 1.807) is 4.90 Å². The zero-order valence-corrected chi connectivity index (χ0v) is 25.7. The second-order valence-electron chi connectivity index (χ2n) is 11.5. The zero-order valence-electron chi connectivity index (χ0n) is 25.0. The van der Waals surface area contributed by atoms with Crippen LogP contribution in [0.5, 0.6) is 0 Å². The zero-order chi connectivity index (χ0) is 31.1. The van der Waals surface area contributed by atoms with Crippen LogP contribution in [-0.4, -0.2) is 93.4 Å². The van der Waals surface area contributed by atoms with Crippen LogP contribution in [0.2, 0.25) is 5.02 Å². The first kappa shape index (κ1) is 30.0. The molecule has 1 amide bonds. The number of rotatable bonds is 8. The number of piperazine rings is 1. The van der Waals surface area contributed by atoms with Crippen molar-refractivity contribution in [2.45, 2.75) is 51.6 Å². The van der Waals surface area contributed by atoms with Gasteiger partial charge in [-0.25, -0.2) is 9.37 Å². The number of fused-ring (bicyclic) bond motifs is 2. The Kier molecular flexibility index (Phi) is 8.26. The fourth-order valence-corrected chi connectivity index (χ4v) is 6.99. The lowest BCUT2D eigenvalue weighted by atomic mass is 10.1. The summed E-state index contributed by atoms with van der Waals surface area (Å²) in [7, 11) is 0. The molecule has 4 heterocycles. The van der Waals surface area contributed by atoms with Crippen molar-refractivity contribution in [3.8, 4) is 11.8 Å². The Morgan fingerprint density at radius 3 is 2.68 bits per heavy atom. The van der Waals surface area contributed by atoms with Gasteiger partial charge in [0.15, 0.2) is 0 Å². The molecule has 11 nitrogen and oxygen atoms in total. The Morgan fingerprint density at radius 1 is 1.20 bits per heavy atom. The number of hydrogen-bond donors (Lipinski definition) is 0. The summed E-state index contributed by atoms with van der Waals surface area (Å²) in [6.45, 7) is 12.3. The minimum atomic E-state index is -0.585. The van der Waals surface area contributed by atoms with E-state index in [4.69, 9.17) is 21.6 Å². The minimum absolute atomic E-state index is 0.137.